The number of hydrogen-bond acceptors (Lipinski definition) is 3. The van der Waals surface area contributed by atoms with Gasteiger partial charge in [0.25, 0.3) is 0 Å². The molecule has 1 aliphatic rings. The predicted molar refractivity (Wildman–Crippen MR) is 111 cm³/mol. The van der Waals surface area contributed by atoms with Crippen LogP contribution in [-0.4, -0.2) is 42.9 Å². The Balaban J connectivity index is 1.46. The second-order valence-corrected chi connectivity index (χ2v) is 7.57. The first-order valence-corrected chi connectivity index (χ1v) is 9.92. The van der Waals surface area contributed by atoms with Crippen LogP contribution in [0.25, 0.3) is 0 Å². The van der Waals surface area contributed by atoms with Gasteiger partial charge < -0.3 is 16.0 Å². The van der Waals surface area contributed by atoms with Crippen LogP contribution in [0.4, 0.5) is 0 Å². The van der Waals surface area contributed by atoms with E-state index in [0.717, 1.165) is 5.56 Å². The summed E-state index contributed by atoms with van der Waals surface area (Å²) in [6, 6.07) is 18.4. The van der Waals surface area contributed by atoms with Crippen LogP contribution in [0, 0.1) is 12.8 Å². The fourth-order valence-corrected chi connectivity index (χ4v) is 3.78. The van der Waals surface area contributed by atoms with Crippen molar-refractivity contribution in [2.45, 2.75) is 25.7 Å². The highest BCUT2D eigenvalue weighted by atomic mass is 16.2. The molecular weight excluding hydrogens is 350 g/mol. The van der Waals surface area contributed by atoms with E-state index in [0.29, 0.717) is 32.5 Å². The molecule has 0 radical (unpaired) electrons. The monoisotopic (exact) mass is 379 g/mol. The molecule has 5 heteroatoms. The summed E-state index contributed by atoms with van der Waals surface area (Å²) in [6.07, 6.45) is 1.06. The second kappa shape index (κ2) is 9.51. The van der Waals surface area contributed by atoms with Crippen molar-refractivity contribution in [2.24, 2.45) is 11.7 Å². The minimum absolute atomic E-state index is 0.0411. The van der Waals surface area contributed by atoms with Crippen molar-refractivity contribution in [1.82, 2.24) is 10.2 Å². The molecule has 0 saturated carbocycles. The largest absolute Gasteiger partial charge is 0.347 e. The zero-order valence-corrected chi connectivity index (χ0v) is 16.4. The van der Waals surface area contributed by atoms with E-state index in [1.165, 1.54) is 11.1 Å². The minimum atomic E-state index is -0.0943. The van der Waals surface area contributed by atoms with Crippen LogP contribution in [0.15, 0.2) is 54.6 Å². The van der Waals surface area contributed by atoms with Gasteiger partial charge in [0.2, 0.25) is 11.8 Å². The molecule has 1 fully saturated rings. The van der Waals surface area contributed by atoms with Crippen molar-refractivity contribution in [3.8, 4) is 0 Å². The molecule has 2 atom stereocenters. The molecule has 0 aliphatic carbocycles. The summed E-state index contributed by atoms with van der Waals surface area (Å²) >= 11 is 0. The van der Waals surface area contributed by atoms with Gasteiger partial charge in [-0.3, -0.25) is 9.59 Å². The number of nitrogens with one attached hydrogen (secondary N) is 1. The maximum atomic E-state index is 12.6. The van der Waals surface area contributed by atoms with E-state index in [2.05, 4.69) is 17.4 Å². The van der Waals surface area contributed by atoms with Gasteiger partial charge in [-0.15, -0.1) is 0 Å². The van der Waals surface area contributed by atoms with Gasteiger partial charge in [-0.2, -0.15) is 0 Å². The van der Waals surface area contributed by atoms with Gasteiger partial charge in [0.1, 0.15) is 0 Å². The molecule has 28 heavy (non-hydrogen) atoms. The molecule has 2 aromatic rings. The molecule has 0 bridgehead atoms. The van der Waals surface area contributed by atoms with Gasteiger partial charge in [0.15, 0.2) is 0 Å². The number of nitrogens with two attached hydrogens (primary N) is 1. The summed E-state index contributed by atoms with van der Waals surface area (Å²) in [4.78, 5) is 26.5. The molecule has 1 heterocycles. The Morgan fingerprint density at radius 3 is 2.46 bits per heavy atom. The molecule has 2 aromatic carbocycles. The van der Waals surface area contributed by atoms with Gasteiger partial charge in [0, 0.05) is 25.4 Å². The maximum absolute atomic E-state index is 12.6. The van der Waals surface area contributed by atoms with Crippen molar-refractivity contribution in [1.29, 1.82) is 0 Å². The highest BCUT2D eigenvalue weighted by molar-refractivity contribution is 5.85. The number of amides is 2. The lowest BCUT2D eigenvalue weighted by atomic mass is 9.89. The van der Waals surface area contributed by atoms with E-state index in [4.69, 9.17) is 5.73 Å². The van der Waals surface area contributed by atoms with E-state index >= 15 is 0 Å². The predicted octanol–water partition coefficient (Wildman–Crippen LogP) is 2.24. The summed E-state index contributed by atoms with van der Waals surface area (Å²) in [7, 11) is 0. The summed E-state index contributed by atoms with van der Waals surface area (Å²) in [5, 5.41) is 2.77. The number of aryl methyl sites for hydroxylation is 2. The SMILES string of the molecule is Cc1ccc(CCC(=O)NCC(=O)N2C[C@@H](CN)[C@H](c3ccccc3)C2)cc1. The van der Waals surface area contributed by atoms with E-state index in [1.54, 1.807) is 0 Å². The molecule has 3 rings (SSSR count). The number of likely N-dealkylation sites (tertiary alicyclic amines) is 1. The standard InChI is InChI=1S/C23H29N3O2/c1-17-7-9-18(10-8-17)11-12-22(27)25-14-23(28)26-15-20(13-24)21(16-26)19-5-3-2-4-6-19/h2-10,20-21H,11-16,24H2,1H3,(H,25,27)/t20-,21+/m1/s1. The van der Waals surface area contributed by atoms with Gasteiger partial charge in [-0.25, -0.2) is 0 Å². The zero-order valence-electron chi connectivity index (χ0n) is 16.4. The lowest BCUT2D eigenvalue weighted by Crippen LogP contribution is -2.39. The van der Waals surface area contributed by atoms with Crippen LogP contribution in [0.5, 0.6) is 0 Å². The Labute approximate surface area is 166 Å². The first kappa shape index (κ1) is 20.1. The van der Waals surface area contributed by atoms with Crippen molar-refractivity contribution in [3.63, 3.8) is 0 Å². The fraction of sp³-hybridized carbons (Fsp3) is 0.391. The molecule has 3 N–H and O–H groups in total. The Morgan fingerprint density at radius 1 is 1.07 bits per heavy atom. The third-order valence-corrected chi connectivity index (χ3v) is 5.52. The van der Waals surface area contributed by atoms with Crippen LogP contribution >= 0.6 is 0 Å². The number of benzene rings is 2. The number of rotatable bonds is 7. The van der Waals surface area contributed by atoms with Gasteiger partial charge >= 0.3 is 0 Å². The third-order valence-electron chi connectivity index (χ3n) is 5.52. The molecule has 0 aromatic heterocycles. The Hall–Kier alpha value is -2.66. The highest BCUT2D eigenvalue weighted by Crippen LogP contribution is 2.31. The summed E-state index contributed by atoms with van der Waals surface area (Å²) < 4.78 is 0. The maximum Gasteiger partial charge on any atom is 0.241 e. The molecular formula is C23H29N3O2. The minimum Gasteiger partial charge on any atom is -0.347 e. The van der Waals surface area contributed by atoms with E-state index in [1.807, 2.05) is 54.3 Å². The van der Waals surface area contributed by atoms with Crippen molar-refractivity contribution in [2.75, 3.05) is 26.2 Å². The van der Waals surface area contributed by atoms with Crippen LogP contribution in [-0.2, 0) is 16.0 Å². The van der Waals surface area contributed by atoms with Gasteiger partial charge in [-0.05, 0) is 36.9 Å². The van der Waals surface area contributed by atoms with Crippen LogP contribution in [0.3, 0.4) is 0 Å². The molecule has 5 nitrogen and oxygen atoms in total. The van der Waals surface area contributed by atoms with E-state index in [-0.39, 0.29) is 30.2 Å². The number of carbonyl (C=O) groups is 2. The molecule has 148 valence electrons. The molecule has 1 aliphatic heterocycles. The summed E-state index contributed by atoms with van der Waals surface area (Å²) in [6.45, 7) is 3.94. The first-order valence-electron chi connectivity index (χ1n) is 9.92. The summed E-state index contributed by atoms with van der Waals surface area (Å²) in [5.41, 5.74) is 9.49. The van der Waals surface area contributed by atoms with Crippen LogP contribution < -0.4 is 11.1 Å². The highest BCUT2D eigenvalue weighted by Gasteiger charge is 2.35. The first-order chi connectivity index (χ1) is 13.6. The van der Waals surface area contributed by atoms with Gasteiger partial charge in [0.05, 0.1) is 6.54 Å². The molecule has 1 saturated heterocycles. The second-order valence-electron chi connectivity index (χ2n) is 7.57. The number of nitrogens with zero attached hydrogens (tertiary/aromatic N) is 1. The van der Waals surface area contributed by atoms with Crippen molar-refractivity contribution < 1.29 is 9.59 Å². The lowest BCUT2D eigenvalue weighted by molar-refractivity contribution is -0.132. The van der Waals surface area contributed by atoms with Crippen molar-refractivity contribution >= 4 is 11.8 Å². The third kappa shape index (κ3) is 5.20. The van der Waals surface area contributed by atoms with Crippen LogP contribution in [0.2, 0.25) is 0 Å². The average Bonchev–Trinajstić information content (AvgIpc) is 3.17. The van der Waals surface area contributed by atoms with Gasteiger partial charge in [-0.1, -0.05) is 60.2 Å². The van der Waals surface area contributed by atoms with E-state index < -0.39 is 0 Å². The average molecular weight is 380 g/mol. The molecule has 2 amide bonds. The fourth-order valence-electron chi connectivity index (χ4n) is 3.78. The zero-order chi connectivity index (χ0) is 19.9. The lowest BCUT2D eigenvalue weighted by Gasteiger charge is -2.17. The summed E-state index contributed by atoms with van der Waals surface area (Å²) in [5.74, 6) is 0.375. The molecule has 0 unspecified atom stereocenters. The molecule has 0 spiro atoms. The van der Waals surface area contributed by atoms with Crippen molar-refractivity contribution in [3.05, 3.63) is 71.3 Å². The number of hydrogen-bond donors (Lipinski definition) is 2. The Bertz CT molecular complexity index is 789. The van der Waals surface area contributed by atoms with E-state index in [9.17, 15) is 9.59 Å². The topological polar surface area (TPSA) is 75.4 Å². The Morgan fingerprint density at radius 2 is 1.79 bits per heavy atom. The smallest absolute Gasteiger partial charge is 0.241 e. The van der Waals surface area contributed by atoms with Crippen LogP contribution in [0.1, 0.15) is 29.0 Å². The quantitative estimate of drug-likeness (QED) is 0.775. The Kier molecular flexibility index (Phi) is 6.82. The number of carbonyl (C=O) groups excluding carboxylic acids is 2. The normalized spacial score (nSPS) is 18.9.